The molecule has 1 aromatic rings. The summed E-state index contributed by atoms with van der Waals surface area (Å²) in [6.45, 7) is 6.85. The summed E-state index contributed by atoms with van der Waals surface area (Å²) in [5.74, 6) is 0. The number of thiophene rings is 1. The number of nitrogens with one attached hydrogen (secondary N) is 2. The van der Waals surface area contributed by atoms with E-state index in [1.807, 2.05) is 20.8 Å². The van der Waals surface area contributed by atoms with Crippen LogP contribution in [0.1, 0.15) is 31.6 Å². The quantitative estimate of drug-likeness (QED) is 0.875. The Bertz CT molecular complexity index is 617. The number of nitrogens with zero attached hydrogens (tertiary/aromatic N) is 1. The number of hydrogen-bond donors (Lipinski definition) is 2. The maximum Gasteiger partial charge on any atom is 0.317 e. The Kier molecular flexibility index (Phi) is 5.46. The highest BCUT2D eigenvalue weighted by atomic mass is 32.2. The highest BCUT2D eigenvalue weighted by molar-refractivity contribution is 7.91. The summed E-state index contributed by atoms with van der Waals surface area (Å²) in [7, 11) is -3.45. The molecule has 1 fully saturated rings. The summed E-state index contributed by atoms with van der Waals surface area (Å²) in [6.07, 6.45) is 1.27. The van der Waals surface area contributed by atoms with Gasteiger partial charge in [0.2, 0.25) is 10.0 Å². The van der Waals surface area contributed by atoms with Gasteiger partial charge in [-0.25, -0.2) is 17.9 Å². The summed E-state index contributed by atoms with van der Waals surface area (Å²) >= 11 is 1.27. The number of likely N-dealkylation sites (tertiary alicyclic amines) is 1. The maximum absolute atomic E-state index is 12.3. The number of amides is 2. The Hall–Kier alpha value is -1.12. The average molecular weight is 345 g/mol. The van der Waals surface area contributed by atoms with E-state index in [-0.39, 0.29) is 18.1 Å². The Labute approximate surface area is 135 Å². The summed E-state index contributed by atoms with van der Waals surface area (Å²) < 4.78 is 27.7. The third kappa shape index (κ3) is 4.44. The summed E-state index contributed by atoms with van der Waals surface area (Å²) in [5.41, 5.74) is 0. The molecule has 8 heteroatoms. The second-order valence-electron chi connectivity index (χ2n) is 5.85. The van der Waals surface area contributed by atoms with Gasteiger partial charge < -0.3 is 10.2 Å². The van der Waals surface area contributed by atoms with Gasteiger partial charge in [-0.05, 0) is 45.7 Å². The van der Waals surface area contributed by atoms with E-state index in [4.69, 9.17) is 0 Å². The lowest BCUT2D eigenvalue weighted by atomic mass is 10.1. The molecular weight excluding hydrogens is 322 g/mol. The Morgan fingerprint density at radius 3 is 2.45 bits per heavy atom. The van der Waals surface area contributed by atoms with Crippen LogP contribution in [0.25, 0.3) is 0 Å². The molecule has 0 atom stereocenters. The molecule has 22 heavy (non-hydrogen) atoms. The van der Waals surface area contributed by atoms with Crippen LogP contribution in [0.4, 0.5) is 4.79 Å². The van der Waals surface area contributed by atoms with Crippen LogP contribution in [0, 0.1) is 6.92 Å². The Morgan fingerprint density at radius 1 is 1.32 bits per heavy atom. The first-order valence-electron chi connectivity index (χ1n) is 7.42. The molecule has 2 N–H and O–H groups in total. The predicted octanol–water partition coefficient (Wildman–Crippen LogP) is 1.92. The SMILES string of the molecule is Cc1ccc(S(=O)(=O)NC2CCN(C(=O)NC(C)C)CC2)s1. The number of hydrogen-bond acceptors (Lipinski definition) is 4. The van der Waals surface area contributed by atoms with Crippen molar-refractivity contribution < 1.29 is 13.2 Å². The number of aryl methyl sites for hydroxylation is 1. The smallest absolute Gasteiger partial charge is 0.317 e. The lowest BCUT2D eigenvalue weighted by Crippen LogP contribution is -2.50. The summed E-state index contributed by atoms with van der Waals surface area (Å²) in [6, 6.07) is 3.34. The summed E-state index contributed by atoms with van der Waals surface area (Å²) in [4.78, 5) is 14.6. The molecule has 0 radical (unpaired) electrons. The zero-order chi connectivity index (χ0) is 16.3. The molecule has 2 rings (SSSR count). The van der Waals surface area contributed by atoms with E-state index >= 15 is 0 Å². The average Bonchev–Trinajstić information content (AvgIpc) is 2.86. The second kappa shape index (κ2) is 6.97. The molecule has 1 saturated heterocycles. The van der Waals surface area contributed by atoms with Crippen LogP contribution in [0.5, 0.6) is 0 Å². The van der Waals surface area contributed by atoms with Crippen molar-refractivity contribution in [3.63, 3.8) is 0 Å². The van der Waals surface area contributed by atoms with E-state index in [0.29, 0.717) is 30.1 Å². The molecule has 0 unspecified atom stereocenters. The molecule has 0 aromatic carbocycles. The fourth-order valence-corrected chi connectivity index (χ4v) is 4.98. The number of carbonyl (C=O) groups is 1. The number of piperidine rings is 1. The van der Waals surface area contributed by atoms with Crippen molar-refractivity contribution in [1.82, 2.24) is 14.9 Å². The van der Waals surface area contributed by atoms with Gasteiger partial charge >= 0.3 is 6.03 Å². The lowest BCUT2D eigenvalue weighted by Gasteiger charge is -2.32. The van der Waals surface area contributed by atoms with Gasteiger partial charge in [-0.15, -0.1) is 11.3 Å². The summed E-state index contributed by atoms with van der Waals surface area (Å²) in [5, 5.41) is 2.85. The van der Waals surface area contributed by atoms with Crippen molar-refractivity contribution in [2.24, 2.45) is 0 Å². The van der Waals surface area contributed by atoms with E-state index in [1.54, 1.807) is 17.0 Å². The van der Waals surface area contributed by atoms with Gasteiger partial charge in [0.25, 0.3) is 0 Å². The van der Waals surface area contributed by atoms with Crippen molar-refractivity contribution in [2.75, 3.05) is 13.1 Å². The van der Waals surface area contributed by atoms with Crippen LogP contribution in [0.2, 0.25) is 0 Å². The number of rotatable bonds is 4. The molecule has 6 nitrogen and oxygen atoms in total. The number of urea groups is 1. The van der Waals surface area contributed by atoms with Crippen LogP contribution in [-0.4, -0.2) is 44.5 Å². The highest BCUT2D eigenvalue weighted by Crippen LogP contribution is 2.22. The monoisotopic (exact) mass is 345 g/mol. The molecule has 2 heterocycles. The normalized spacial score (nSPS) is 17.0. The molecule has 2 amide bonds. The van der Waals surface area contributed by atoms with Gasteiger partial charge in [-0.3, -0.25) is 0 Å². The molecule has 124 valence electrons. The zero-order valence-corrected chi connectivity index (χ0v) is 14.8. The van der Waals surface area contributed by atoms with Crippen LogP contribution in [-0.2, 0) is 10.0 Å². The van der Waals surface area contributed by atoms with E-state index in [2.05, 4.69) is 10.0 Å². The van der Waals surface area contributed by atoms with E-state index in [9.17, 15) is 13.2 Å². The minimum absolute atomic E-state index is 0.0785. The van der Waals surface area contributed by atoms with Gasteiger partial charge in [-0.1, -0.05) is 0 Å². The number of carbonyl (C=O) groups excluding carboxylic acids is 1. The van der Waals surface area contributed by atoms with Crippen LogP contribution in [0.3, 0.4) is 0 Å². The van der Waals surface area contributed by atoms with Crippen molar-refractivity contribution >= 4 is 27.4 Å². The van der Waals surface area contributed by atoms with Crippen molar-refractivity contribution in [3.05, 3.63) is 17.0 Å². The fraction of sp³-hybridized carbons (Fsp3) is 0.643. The third-order valence-corrected chi connectivity index (χ3v) is 6.51. The van der Waals surface area contributed by atoms with Gasteiger partial charge in [0.05, 0.1) is 0 Å². The molecule has 0 spiro atoms. The molecule has 0 aliphatic carbocycles. The van der Waals surface area contributed by atoms with E-state index < -0.39 is 10.0 Å². The predicted molar refractivity (Wildman–Crippen MR) is 87.6 cm³/mol. The van der Waals surface area contributed by atoms with Crippen LogP contribution >= 0.6 is 11.3 Å². The highest BCUT2D eigenvalue weighted by Gasteiger charge is 2.27. The van der Waals surface area contributed by atoms with Crippen molar-refractivity contribution in [1.29, 1.82) is 0 Å². The number of sulfonamides is 1. The standard InChI is InChI=1S/C14H23N3O3S2/c1-10(2)15-14(18)17-8-6-12(7-9-17)16-22(19,20)13-5-4-11(3)21-13/h4-5,10,12,16H,6-9H2,1-3H3,(H,15,18). The molecule has 1 aromatic heterocycles. The minimum atomic E-state index is -3.45. The minimum Gasteiger partial charge on any atom is -0.336 e. The first-order chi connectivity index (χ1) is 10.3. The fourth-order valence-electron chi connectivity index (χ4n) is 2.37. The van der Waals surface area contributed by atoms with Crippen molar-refractivity contribution in [3.8, 4) is 0 Å². The zero-order valence-electron chi connectivity index (χ0n) is 13.1. The van der Waals surface area contributed by atoms with Gasteiger partial charge in [0.15, 0.2) is 0 Å². The van der Waals surface area contributed by atoms with Crippen molar-refractivity contribution in [2.45, 2.75) is 49.9 Å². The lowest BCUT2D eigenvalue weighted by molar-refractivity contribution is 0.177. The van der Waals surface area contributed by atoms with Gasteiger partial charge in [0, 0.05) is 30.1 Å². The van der Waals surface area contributed by atoms with Gasteiger partial charge in [-0.2, -0.15) is 0 Å². The molecular formula is C14H23N3O3S2. The Morgan fingerprint density at radius 2 is 1.95 bits per heavy atom. The largest absolute Gasteiger partial charge is 0.336 e. The van der Waals surface area contributed by atoms with Gasteiger partial charge in [0.1, 0.15) is 4.21 Å². The van der Waals surface area contributed by atoms with Crippen LogP contribution < -0.4 is 10.0 Å². The molecule has 0 saturated carbocycles. The first-order valence-corrected chi connectivity index (χ1v) is 9.72. The van der Waals surface area contributed by atoms with Crippen LogP contribution in [0.15, 0.2) is 16.3 Å². The van der Waals surface area contributed by atoms with E-state index in [0.717, 1.165) is 4.88 Å². The third-order valence-electron chi connectivity index (χ3n) is 3.50. The second-order valence-corrected chi connectivity index (χ2v) is 9.08. The van der Waals surface area contributed by atoms with E-state index in [1.165, 1.54) is 11.3 Å². The topological polar surface area (TPSA) is 78.5 Å². The first kappa shape index (κ1) is 17.2. The maximum atomic E-state index is 12.3. The molecule has 1 aliphatic rings. The molecule has 0 bridgehead atoms. The molecule has 1 aliphatic heterocycles. The Balaban J connectivity index is 1.88.